The molecule has 21 heavy (non-hydrogen) atoms. The Labute approximate surface area is 126 Å². The van der Waals surface area contributed by atoms with E-state index in [0.717, 1.165) is 30.7 Å². The van der Waals surface area contributed by atoms with E-state index in [2.05, 4.69) is 31.1 Å². The van der Waals surface area contributed by atoms with Gasteiger partial charge in [0.05, 0.1) is 12.8 Å². The summed E-state index contributed by atoms with van der Waals surface area (Å²) in [5, 5.41) is 4.45. The molecule has 0 spiro atoms. The molecule has 0 fully saturated rings. The highest BCUT2D eigenvalue weighted by Crippen LogP contribution is 2.17. The Hall–Kier alpha value is -1.81. The van der Waals surface area contributed by atoms with E-state index < -0.39 is 0 Å². The van der Waals surface area contributed by atoms with Crippen molar-refractivity contribution in [2.75, 3.05) is 7.11 Å². The first-order valence-corrected chi connectivity index (χ1v) is 7.39. The number of aromatic nitrogens is 2. The van der Waals surface area contributed by atoms with E-state index in [9.17, 15) is 0 Å². The standard InChI is InChI=1S/C17H25N3O/c1-12-17(13(2)20(3)19-12)9-8-15(18)10-14-6-5-7-16(11-14)21-4/h5-7,11,15H,8-10,18H2,1-4H3. The number of hydrogen-bond acceptors (Lipinski definition) is 3. The Morgan fingerprint density at radius 1 is 1.33 bits per heavy atom. The van der Waals surface area contributed by atoms with Crippen molar-refractivity contribution >= 4 is 0 Å². The summed E-state index contributed by atoms with van der Waals surface area (Å²) in [5.74, 6) is 0.888. The zero-order valence-electron chi connectivity index (χ0n) is 13.4. The SMILES string of the molecule is COc1cccc(CC(N)CCc2c(C)nn(C)c2C)c1. The smallest absolute Gasteiger partial charge is 0.119 e. The van der Waals surface area contributed by atoms with Crippen molar-refractivity contribution < 1.29 is 4.74 Å². The van der Waals surface area contributed by atoms with Crippen LogP contribution in [0.2, 0.25) is 0 Å². The minimum Gasteiger partial charge on any atom is -0.497 e. The lowest BCUT2D eigenvalue weighted by molar-refractivity contribution is 0.414. The molecule has 0 saturated heterocycles. The summed E-state index contributed by atoms with van der Waals surface area (Å²) in [6, 6.07) is 8.27. The molecule has 0 aliphatic rings. The van der Waals surface area contributed by atoms with Gasteiger partial charge >= 0.3 is 0 Å². The largest absolute Gasteiger partial charge is 0.497 e. The molecule has 2 N–H and O–H groups in total. The molecule has 2 aromatic rings. The van der Waals surface area contributed by atoms with Crippen molar-refractivity contribution in [1.29, 1.82) is 0 Å². The van der Waals surface area contributed by atoms with Crippen LogP contribution in [0, 0.1) is 13.8 Å². The van der Waals surface area contributed by atoms with E-state index in [0.29, 0.717) is 0 Å². The van der Waals surface area contributed by atoms with E-state index in [1.807, 2.05) is 23.9 Å². The van der Waals surface area contributed by atoms with Gasteiger partial charge in [0.2, 0.25) is 0 Å². The number of nitrogens with two attached hydrogens (primary N) is 1. The Morgan fingerprint density at radius 3 is 2.71 bits per heavy atom. The third-order valence-electron chi connectivity index (χ3n) is 4.06. The van der Waals surface area contributed by atoms with Crippen LogP contribution in [0.1, 0.15) is 28.9 Å². The van der Waals surface area contributed by atoms with Crippen LogP contribution in [0.3, 0.4) is 0 Å². The van der Waals surface area contributed by atoms with E-state index >= 15 is 0 Å². The summed E-state index contributed by atoms with van der Waals surface area (Å²) in [7, 11) is 3.68. The molecule has 1 aromatic carbocycles. The van der Waals surface area contributed by atoms with Crippen LogP contribution >= 0.6 is 0 Å². The van der Waals surface area contributed by atoms with E-state index in [-0.39, 0.29) is 6.04 Å². The molecule has 1 atom stereocenters. The Kier molecular flexibility index (Phi) is 5.02. The highest BCUT2D eigenvalue weighted by atomic mass is 16.5. The van der Waals surface area contributed by atoms with Crippen molar-refractivity contribution in [2.24, 2.45) is 12.8 Å². The maximum atomic E-state index is 6.28. The van der Waals surface area contributed by atoms with Crippen LogP contribution in [-0.4, -0.2) is 22.9 Å². The van der Waals surface area contributed by atoms with E-state index in [1.54, 1.807) is 7.11 Å². The van der Waals surface area contributed by atoms with Crippen molar-refractivity contribution in [2.45, 2.75) is 39.2 Å². The van der Waals surface area contributed by atoms with E-state index in [1.165, 1.54) is 16.8 Å². The fourth-order valence-corrected chi connectivity index (χ4v) is 2.71. The van der Waals surface area contributed by atoms with Crippen LogP contribution < -0.4 is 10.5 Å². The Morgan fingerprint density at radius 2 is 2.10 bits per heavy atom. The first kappa shape index (κ1) is 15.6. The number of aryl methyl sites for hydroxylation is 2. The van der Waals surface area contributed by atoms with Crippen LogP contribution in [0.4, 0.5) is 0 Å². The Balaban J connectivity index is 1.94. The highest BCUT2D eigenvalue weighted by molar-refractivity contribution is 5.29. The molecule has 1 aromatic heterocycles. The van der Waals surface area contributed by atoms with Gasteiger partial charge in [0, 0.05) is 18.8 Å². The minimum atomic E-state index is 0.149. The number of benzene rings is 1. The van der Waals surface area contributed by atoms with Gasteiger partial charge in [0.15, 0.2) is 0 Å². The molecule has 0 bridgehead atoms. The summed E-state index contributed by atoms with van der Waals surface area (Å²) in [4.78, 5) is 0. The van der Waals surface area contributed by atoms with Gasteiger partial charge in [-0.05, 0) is 56.4 Å². The normalized spacial score (nSPS) is 12.4. The van der Waals surface area contributed by atoms with Gasteiger partial charge in [-0.1, -0.05) is 12.1 Å². The summed E-state index contributed by atoms with van der Waals surface area (Å²) in [5.41, 5.74) is 11.2. The van der Waals surface area contributed by atoms with Crippen molar-refractivity contribution in [3.63, 3.8) is 0 Å². The van der Waals surface area contributed by atoms with Crippen LogP contribution in [0.25, 0.3) is 0 Å². The molecule has 0 aliphatic carbocycles. The summed E-state index contributed by atoms with van der Waals surface area (Å²) in [6.45, 7) is 4.18. The monoisotopic (exact) mass is 287 g/mol. The lowest BCUT2D eigenvalue weighted by atomic mass is 9.99. The Bertz CT molecular complexity index is 604. The number of hydrogen-bond donors (Lipinski definition) is 1. The average Bonchev–Trinajstić information content (AvgIpc) is 2.70. The van der Waals surface area contributed by atoms with Gasteiger partial charge in [0.25, 0.3) is 0 Å². The predicted octanol–water partition coefficient (Wildman–Crippen LogP) is 2.55. The molecule has 1 unspecified atom stereocenters. The minimum absolute atomic E-state index is 0.149. The van der Waals surface area contributed by atoms with Crippen LogP contribution in [-0.2, 0) is 19.9 Å². The first-order valence-electron chi connectivity index (χ1n) is 7.39. The van der Waals surface area contributed by atoms with Gasteiger partial charge in [0.1, 0.15) is 5.75 Å². The maximum absolute atomic E-state index is 6.28. The molecular formula is C17H25N3O. The highest BCUT2D eigenvalue weighted by Gasteiger charge is 2.12. The molecule has 0 saturated carbocycles. The first-order chi connectivity index (χ1) is 10.0. The maximum Gasteiger partial charge on any atom is 0.119 e. The lowest BCUT2D eigenvalue weighted by Crippen LogP contribution is -2.23. The van der Waals surface area contributed by atoms with Gasteiger partial charge in [-0.3, -0.25) is 4.68 Å². The average molecular weight is 287 g/mol. The lowest BCUT2D eigenvalue weighted by Gasteiger charge is -2.12. The summed E-state index contributed by atoms with van der Waals surface area (Å²) < 4.78 is 7.19. The molecule has 1 heterocycles. The van der Waals surface area contributed by atoms with Crippen molar-refractivity contribution in [1.82, 2.24) is 9.78 Å². The molecule has 0 aliphatic heterocycles. The van der Waals surface area contributed by atoms with Gasteiger partial charge in [-0.25, -0.2) is 0 Å². The molecular weight excluding hydrogens is 262 g/mol. The third kappa shape index (κ3) is 3.85. The summed E-state index contributed by atoms with van der Waals surface area (Å²) in [6.07, 6.45) is 2.82. The molecule has 0 radical (unpaired) electrons. The fraction of sp³-hybridized carbons (Fsp3) is 0.471. The fourth-order valence-electron chi connectivity index (χ4n) is 2.71. The van der Waals surface area contributed by atoms with Gasteiger partial charge in [-0.2, -0.15) is 5.10 Å². The topological polar surface area (TPSA) is 53.1 Å². The summed E-state index contributed by atoms with van der Waals surface area (Å²) >= 11 is 0. The zero-order chi connectivity index (χ0) is 15.4. The van der Waals surface area contributed by atoms with Crippen LogP contribution in [0.15, 0.2) is 24.3 Å². The second kappa shape index (κ2) is 6.76. The van der Waals surface area contributed by atoms with Gasteiger partial charge < -0.3 is 10.5 Å². The molecule has 0 amide bonds. The quantitative estimate of drug-likeness (QED) is 0.888. The van der Waals surface area contributed by atoms with Crippen molar-refractivity contribution in [3.05, 3.63) is 46.8 Å². The number of ether oxygens (including phenoxy) is 1. The van der Waals surface area contributed by atoms with E-state index in [4.69, 9.17) is 10.5 Å². The second-order valence-corrected chi connectivity index (χ2v) is 5.63. The third-order valence-corrected chi connectivity index (χ3v) is 4.06. The van der Waals surface area contributed by atoms with Gasteiger partial charge in [-0.15, -0.1) is 0 Å². The number of nitrogens with zero attached hydrogens (tertiary/aromatic N) is 2. The molecule has 4 heteroatoms. The molecule has 2 rings (SSSR count). The molecule has 4 nitrogen and oxygen atoms in total. The zero-order valence-corrected chi connectivity index (χ0v) is 13.4. The molecule has 114 valence electrons. The number of methoxy groups -OCH3 is 1. The predicted molar refractivity (Wildman–Crippen MR) is 85.7 cm³/mol. The van der Waals surface area contributed by atoms with Crippen LogP contribution in [0.5, 0.6) is 5.75 Å². The van der Waals surface area contributed by atoms with Crippen molar-refractivity contribution in [3.8, 4) is 5.75 Å². The number of rotatable bonds is 6. The second-order valence-electron chi connectivity index (χ2n) is 5.63.